The van der Waals surface area contributed by atoms with Gasteiger partial charge in [0.25, 0.3) is 0 Å². The van der Waals surface area contributed by atoms with Crippen molar-refractivity contribution in [1.29, 1.82) is 0 Å². The highest BCUT2D eigenvalue weighted by molar-refractivity contribution is 7.92. The molecule has 1 aliphatic heterocycles. The molecule has 0 saturated carbocycles. The second kappa shape index (κ2) is 9.47. The van der Waals surface area contributed by atoms with Crippen LogP contribution in [0.15, 0.2) is 48.5 Å². The van der Waals surface area contributed by atoms with Crippen molar-refractivity contribution in [2.75, 3.05) is 48.2 Å². The molecule has 30 heavy (non-hydrogen) atoms. The quantitative estimate of drug-likeness (QED) is 0.674. The molecule has 6 nitrogen and oxygen atoms in total. The van der Waals surface area contributed by atoms with E-state index < -0.39 is 10.0 Å². The van der Waals surface area contributed by atoms with Gasteiger partial charge in [-0.25, -0.2) is 12.8 Å². The maximum Gasteiger partial charge on any atom is 0.232 e. The lowest BCUT2D eigenvalue weighted by Gasteiger charge is -2.36. The maximum absolute atomic E-state index is 13.1. The highest BCUT2D eigenvalue weighted by Gasteiger charge is 2.22. The van der Waals surface area contributed by atoms with Gasteiger partial charge in [0.1, 0.15) is 5.82 Å². The van der Waals surface area contributed by atoms with Crippen LogP contribution < -0.4 is 9.21 Å². The molecule has 0 N–H and O–H groups in total. The summed E-state index contributed by atoms with van der Waals surface area (Å²) in [7, 11) is -3.42. The Bertz CT molecular complexity index is 971. The Morgan fingerprint density at radius 1 is 1.07 bits per heavy atom. The summed E-state index contributed by atoms with van der Waals surface area (Å²) in [4.78, 5) is 16.5. The van der Waals surface area contributed by atoms with Gasteiger partial charge >= 0.3 is 0 Å². The van der Waals surface area contributed by atoms with Crippen LogP contribution in [0.4, 0.5) is 15.8 Å². The van der Waals surface area contributed by atoms with Gasteiger partial charge in [0.05, 0.1) is 11.9 Å². The average Bonchev–Trinajstić information content (AvgIpc) is 2.71. The molecule has 0 spiro atoms. The normalized spacial score (nSPS) is 14.6. The number of carbonyl (C=O) groups excluding carboxylic acids is 1. The molecule has 2 aromatic carbocycles. The number of carbonyl (C=O) groups is 1. The van der Waals surface area contributed by atoms with Crippen LogP contribution >= 0.6 is 0 Å². The molecule has 0 unspecified atom stereocenters. The molecule has 0 aliphatic carbocycles. The van der Waals surface area contributed by atoms with Gasteiger partial charge in [-0.1, -0.05) is 12.1 Å². The Morgan fingerprint density at radius 2 is 1.73 bits per heavy atom. The summed E-state index contributed by atoms with van der Waals surface area (Å²) < 4.78 is 38.9. The molecule has 0 bridgehead atoms. The van der Waals surface area contributed by atoms with Crippen LogP contribution in [0.2, 0.25) is 0 Å². The number of benzene rings is 2. The van der Waals surface area contributed by atoms with Gasteiger partial charge in [-0.05, 0) is 55.3 Å². The van der Waals surface area contributed by atoms with E-state index in [0.717, 1.165) is 11.3 Å². The average molecular weight is 434 g/mol. The lowest BCUT2D eigenvalue weighted by molar-refractivity contribution is -0.131. The standard InChI is InChI=1S/C22H28FN3O3S/c1-18-5-3-6-21(17-18)26(30(2,28)29)12-4-7-22(27)25-15-13-24(14-16-25)20-10-8-19(23)9-11-20/h3,5-6,8-11,17H,4,7,12-16H2,1-2H3. The highest BCUT2D eigenvalue weighted by Crippen LogP contribution is 2.20. The molecular formula is C22H28FN3O3S. The van der Waals surface area contributed by atoms with Gasteiger partial charge < -0.3 is 9.80 Å². The number of piperazine rings is 1. The van der Waals surface area contributed by atoms with E-state index in [1.54, 1.807) is 18.2 Å². The number of amides is 1. The molecule has 2 aromatic rings. The second-order valence-electron chi connectivity index (χ2n) is 7.62. The van der Waals surface area contributed by atoms with Crippen LogP contribution in [0.5, 0.6) is 0 Å². The summed E-state index contributed by atoms with van der Waals surface area (Å²) in [6, 6.07) is 13.7. The zero-order valence-corrected chi connectivity index (χ0v) is 18.2. The minimum Gasteiger partial charge on any atom is -0.368 e. The van der Waals surface area contributed by atoms with E-state index in [2.05, 4.69) is 4.90 Å². The zero-order valence-electron chi connectivity index (χ0n) is 17.4. The second-order valence-corrected chi connectivity index (χ2v) is 9.53. The van der Waals surface area contributed by atoms with E-state index in [9.17, 15) is 17.6 Å². The number of aryl methyl sites for hydroxylation is 1. The van der Waals surface area contributed by atoms with Crippen molar-refractivity contribution in [3.63, 3.8) is 0 Å². The summed E-state index contributed by atoms with van der Waals surface area (Å²) in [5, 5.41) is 0. The molecule has 1 aliphatic rings. The Kier molecular flexibility index (Phi) is 6.97. The van der Waals surface area contributed by atoms with Crippen LogP contribution in [0.1, 0.15) is 18.4 Å². The first-order valence-corrected chi connectivity index (χ1v) is 11.9. The van der Waals surface area contributed by atoms with Gasteiger partial charge in [-0.3, -0.25) is 9.10 Å². The molecule has 1 fully saturated rings. The Balaban J connectivity index is 1.51. The number of nitrogens with zero attached hydrogens (tertiary/aromatic N) is 3. The summed E-state index contributed by atoms with van der Waals surface area (Å²) in [6.45, 7) is 4.77. The lowest BCUT2D eigenvalue weighted by Crippen LogP contribution is -2.48. The molecule has 1 saturated heterocycles. The monoisotopic (exact) mass is 433 g/mol. The van der Waals surface area contributed by atoms with Gasteiger partial charge in [0.2, 0.25) is 15.9 Å². The molecule has 3 rings (SSSR count). The molecular weight excluding hydrogens is 405 g/mol. The van der Waals surface area contributed by atoms with Crippen molar-refractivity contribution in [2.24, 2.45) is 0 Å². The van der Waals surface area contributed by atoms with Gasteiger partial charge in [0.15, 0.2) is 0 Å². The van der Waals surface area contributed by atoms with E-state index >= 15 is 0 Å². The summed E-state index contributed by atoms with van der Waals surface area (Å²) >= 11 is 0. The van der Waals surface area contributed by atoms with Crippen molar-refractivity contribution in [3.05, 3.63) is 59.9 Å². The number of hydrogen-bond acceptors (Lipinski definition) is 4. The fourth-order valence-corrected chi connectivity index (χ4v) is 4.62. The minimum atomic E-state index is -3.42. The van der Waals surface area contributed by atoms with Crippen LogP contribution in [-0.4, -0.2) is 58.2 Å². The van der Waals surface area contributed by atoms with Crippen molar-refractivity contribution in [3.8, 4) is 0 Å². The fraction of sp³-hybridized carbons (Fsp3) is 0.409. The summed E-state index contributed by atoms with van der Waals surface area (Å²) in [6.07, 6.45) is 1.94. The van der Waals surface area contributed by atoms with E-state index in [1.807, 2.05) is 30.0 Å². The Hall–Kier alpha value is -2.61. The third kappa shape index (κ3) is 5.72. The number of halogens is 1. The predicted molar refractivity (Wildman–Crippen MR) is 118 cm³/mol. The van der Waals surface area contributed by atoms with Crippen LogP contribution in [0.25, 0.3) is 0 Å². The number of hydrogen-bond donors (Lipinski definition) is 0. The summed E-state index contributed by atoms with van der Waals surface area (Å²) in [5.41, 5.74) is 2.56. The smallest absolute Gasteiger partial charge is 0.232 e. The van der Waals surface area contributed by atoms with Gasteiger partial charge in [0, 0.05) is 44.8 Å². The van der Waals surface area contributed by atoms with Crippen molar-refractivity contribution in [1.82, 2.24) is 4.90 Å². The third-order valence-corrected chi connectivity index (χ3v) is 6.46. The fourth-order valence-electron chi connectivity index (χ4n) is 3.67. The summed E-state index contributed by atoms with van der Waals surface area (Å²) in [5.74, 6) is -0.229. The van der Waals surface area contributed by atoms with Crippen molar-refractivity contribution < 1.29 is 17.6 Å². The first-order chi connectivity index (χ1) is 14.2. The van der Waals surface area contributed by atoms with E-state index in [-0.39, 0.29) is 18.3 Å². The first kappa shape index (κ1) is 22.1. The maximum atomic E-state index is 13.1. The van der Waals surface area contributed by atoms with Gasteiger partial charge in [-0.2, -0.15) is 0 Å². The van der Waals surface area contributed by atoms with Crippen molar-refractivity contribution in [2.45, 2.75) is 19.8 Å². The topological polar surface area (TPSA) is 60.9 Å². The van der Waals surface area contributed by atoms with Crippen LogP contribution in [0, 0.1) is 12.7 Å². The number of sulfonamides is 1. The predicted octanol–water partition coefficient (Wildman–Crippen LogP) is 3.03. The molecule has 162 valence electrons. The zero-order chi connectivity index (χ0) is 21.7. The largest absolute Gasteiger partial charge is 0.368 e. The van der Waals surface area contributed by atoms with E-state index in [1.165, 1.54) is 22.7 Å². The Morgan fingerprint density at radius 3 is 2.33 bits per heavy atom. The van der Waals surface area contributed by atoms with Gasteiger partial charge in [-0.15, -0.1) is 0 Å². The van der Waals surface area contributed by atoms with Crippen molar-refractivity contribution >= 4 is 27.3 Å². The molecule has 1 amide bonds. The number of rotatable bonds is 7. The van der Waals surface area contributed by atoms with Crippen LogP contribution in [-0.2, 0) is 14.8 Å². The third-order valence-electron chi connectivity index (χ3n) is 5.27. The first-order valence-electron chi connectivity index (χ1n) is 10.1. The molecule has 8 heteroatoms. The van der Waals surface area contributed by atoms with E-state index in [4.69, 9.17) is 0 Å². The minimum absolute atomic E-state index is 0.0337. The molecule has 0 atom stereocenters. The number of anilines is 2. The highest BCUT2D eigenvalue weighted by atomic mass is 32.2. The van der Waals surface area contributed by atoms with E-state index in [0.29, 0.717) is 44.7 Å². The Labute approximate surface area is 177 Å². The molecule has 0 aromatic heterocycles. The molecule has 1 heterocycles. The SMILES string of the molecule is Cc1cccc(N(CCCC(=O)N2CCN(c3ccc(F)cc3)CC2)S(C)(=O)=O)c1. The molecule has 0 radical (unpaired) electrons. The van der Waals surface area contributed by atoms with Crippen LogP contribution in [0.3, 0.4) is 0 Å². The lowest BCUT2D eigenvalue weighted by atomic mass is 10.2.